The van der Waals surface area contributed by atoms with E-state index in [0.29, 0.717) is 26.2 Å². The minimum absolute atomic E-state index is 0.234. The molecule has 3 rings (SSSR count). The van der Waals surface area contributed by atoms with E-state index in [2.05, 4.69) is 4.90 Å². The van der Waals surface area contributed by atoms with Crippen molar-refractivity contribution in [3.8, 4) is 0 Å². The van der Waals surface area contributed by atoms with Gasteiger partial charge in [-0.15, -0.1) is 0 Å². The Bertz CT molecular complexity index is 662. The Morgan fingerprint density at radius 2 is 1.50 bits per heavy atom. The SMILES string of the molecule is O=S(=O)(N1CCCC1)N1CCN(CC=Cc2ccc(F)cc2)CC1. The van der Waals surface area contributed by atoms with Crippen molar-refractivity contribution in [1.29, 1.82) is 0 Å². The summed E-state index contributed by atoms with van der Waals surface area (Å²) < 4.78 is 41.1. The molecule has 0 amide bonds. The fourth-order valence-electron chi connectivity index (χ4n) is 3.14. The van der Waals surface area contributed by atoms with Crippen molar-refractivity contribution in [3.05, 3.63) is 41.7 Å². The maximum atomic E-state index is 12.9. The smallest absolute Gasteiger partial charge is 0.282 e. The maximum Gasteiger partial charge on any atom is 0.282 e. The molecule has 0 radical (unpaired) electrons. The van der Waals surface area contributed by atoms with E-state index in [4.69, 9.17) is 0 Å². The molecule has 0 aliphatic carbocycles. The third-order valence-electron chi connectivity index (χ3n) is 4.59. The maximum absolute atomic E-state index is 12.9. The number of rotatable bonds is 5. The quantitative estimate of drug-likeness (QED) is 0.811. The molecule has 0 bridgehead atoms. The zero-order valence-corrected chi connectivity index (χ0v) is 14.6. The van der Waals surface area contributed by atoms with E-state index in [1.54, 1.807) is 20.7 Å². The highest BCUT2D eigenvalue weighted by molar-refractivity contribution is 7.86. The van der Waals surface area contributed by atoms with Gasteiger partial charge in [0.25, 0.3) is 10.2 Å². The van der Waals surface area contributed by atoms with Crippen LogP contribution in [0.1, 0.15) is 18.4 Å². The van der Waals surface area contributed by atoms with Crippen LogP contribution in [0.5, 0.6) is 0 Å². The molecule has 2 aliphatic rings. The van der Waals surface area contributed by atoms with Gasteiger partial charge >= 0.3 is 0 Å². The molecule has 0 saturated carbocycles. The van der Waals surface area contributed by atoms with E-state index in [-0.39, 0.29) is 5.82 Å². The highest BCUT2D eigenvalue weighted by Gasteiger charge is 2.33. The highest BCUT2D eigenvalue weighted by Crippen LogP contribution is 2.18. The van der Waals surface area contributed by atoms with Crippen LogP contribution < -0.4 is 0 Å². The summed E-state index contributed by atoms with van der Waals surface area (Å²) in [5, 5.41) is 0. The van der Waals surface area contributed by atoms with Gasteiger partial charge in [0.15, 0.2) is 0 Å². The molecule has 0 atom stereocenters. The molecule has 5 nitrogen and oxygen atoms in total. The van der Waals surface area contributed by atoms with Crippen LogP contribution in [0.3, 0.4) is 0 Å². The molecule has 2 heterocycles. The lowest BCUT2D eigenvalue weighted by Gasteiger charge is -2.35. The van der Waals surface area contributed by atoms with Crippen LogP contribution in [-0.2, 0) is 10.2 Å². The molecule has 132 valence electrons. The monoisotopic (exact) mass is 353 g/mol. The fraction of sp³-hybridized carbons (Fsp3) is 0.529. The van der Waals surface area contributed by atoms with Crippen LogP contribution in [0.4, 0.5) is 4.39 Å². The Hall–Kier alpha value is -1.28. The average Bonchev–Trinajstić information content (AvgIpc) is 3.13. The normalized spacial score (nSPS) is 21.7. The standard InChI is InChI=1S/C17H24FN3O2S/c18-17-7-5-16(6-8-17)4-3-9-19-12-14-21(15-13-19)24(22,23)20-10-1-2-11-20/h3-8H,1-2,9-15H2. The van der Waals surface area contributed by atoms with Crippen molar-refractivity contribution in [2.24, 2.45) is 0 Å². The van der Waals surface area contributed by atoms with Crippen molar-refractivity contribution >= 4 is 16.3 Å². The second-order valence-corrected chi connectivity index (χ2v) is 8.20. The van der Waals surface area contributed by atoms with Crippen LogP contribution in [0, 0.1) is 5.82 Å². The highest BCUT2D eigenvalue weighted by atomic mass is 32.2. The Balaban J connectivity index is 1.47. The van der Waals surface area contributed by atoms with Gasteiger partial charge in [0.2, 0.25) is 0 Å². The van der Waals surface area contributed by atoms with E-state index in [1.165, 1.54) is 12.1 Å². The lowest BCUT2D eigenvalue weighted by Crippen LogP contribution is -2.52. The van der Waals surface area contributed by atoms with Gasteiger partial charge in [0.05, 0.1) is 0 Å². The number of halogens is 1. The van der Waals surface area contributed by atoms with Gasteiger partial charge in [0.1, 0.15) is 5.82 Å². The van der Waals surface area contributed by atoms with Crippen molar-refractivity contribution < 1.29 is 12.8 Å². The Morgan fingerprint density at radius 3 is 2.12 bits per heavy atom. The number of hydrogen-bond donors (Lipinski definition) is 0. The minimum Gasteiger partial charge on any atom is -0.297 e. The van der Waals surface area contributed by atoms with Crippen molar-refractivity contribution in [2.75, 3.05) is 45.8 Å². The summed E-state index contributed by atoms with van der Waals surface area (Å²) in [6, 6.07) is 6.38. The molecule has 1 aromatic carbocycles. The molecule has 0 unspecified atom stereocenters. The van der Waals surface area contributed by atoms with Crippen molar-refractivity contribution in [3.63, 3.8) is 0 Å². The van der Waals surface area contributed by atoms with Crippen LogP contribution >= 0.6 is 0 Å². The number of piperazine rings is 1. The van der Waals surface area contributed by atoms with Crippen LogP contribution in [0.25, 0.3) is 6.08 Å². The summed E-state index contributed by atoms with van der Waals surface area (Å²) in [6.45, 7) is 4.65. The van der Waals surface area contributed by atoms with Gasteiger partial charge in [-0.2, -0.15) is 17.0 Å². The van der Waals surface area contributed by atoms with Crippen molar-refractivity contribution in [2.45, 2.75) is 12.8 Å². The number of benzene rings is 1. The summed E-state index contributed by atoms with van der Waals surface area (Å²) in [6.07, 6.45) is 5.94. The summed E-state index contributed by atoms with van der Waals surface area (Å²) in [4.78, 5) is 2.23. The Kier molecular flexibility index (Phi) is 5.65. The van der Waals surface area contributed by atoms with Crippen LogP contribution in [-0.4, -0.2) is 67.7 Å². The number of nitrogens with zero attached hydrogens (tertiary/aromatic N) is 3. The lowest BCUT2D eigenvalue weighted by atomic mass is 10.2. The molecule has 0 aromatic heterocycles. The molecule has 7 heteroatoms. The average molecular weight is 353 g/mol. The molecule has 24 heavy (non-hydrogen) atoms. The first-order valence-electron chi connectivity index (χ1n) is 8.45. The molecule has 0 N–H and O–H groups in total. The summed E-state index contributed by atoms with van der Waals surface area (Å²) >= 11 is 0. The van der Waals surface area contributed by atoms with Gasteiger partial charge in [-0.05, 0) is 30.5 Å². The zero-order valence-electron chi connectivity index (χ0n) is 13.8. The van der Waals surface area contributed by atoms with E-state index < -0.39 is 10.2 Å². The summed E-state index contributed by atoms with van der Waals surface area (Å²) in [7, 11) is -3.27. The molecular formula is C17H24FN3O2S. The molecule has 1 aromatic rings. The minimum atomic E-state index is -3.27. The van der Waals surface area contributed by atoms with Crippen LogP contribution in [0.2, 0.25) is 0 Å². The molecule has 0 spiro atoms. The zero-order chi connectivity index (χ0) is 17.0. The van der Waals surface area contributed by atoms with Gasteiger partial charge in [-0.25, -0.2) is 4.39 Å². The van der Waals surface area contributed by atoms with E-state index >= 15 is 0 Å². The molecule has 2 saturated heterocycles. The lowest BCUT2D eigenvalue weighted by molar-refractivity contribution is 0.197. The number of hydrogen-bond acceptors (Lipinski definition) is 3. The van der Waals surface area contributed by atoms with Gasteiger partial charge in [0, 0.05) is 45.8 Å². The third kappa shape index (κ3) is 4.22. The molecule has 2 aliphatic heterocycles. The second kappa shape index (κ2) is 7.74. The Labute approximate surface area is 143 Å². The Morgan fingerprint density at radius 1 is 0.917 bits per heavy atom. The molecule has 2 fully saturated rings. The summed E-state index contributed by atoms with van der Waals surface area (Å²) in [5.74, 6) is -0.234. The topological polar surface area (TPSA) is 43.9 Å². The van der Waals surface area contributed by atoms with Crippen LogP contribution in [0.15, 0.2) is 30.3 Å². The fourth-order valence-corrected chi connectivity index (χ4v) is 4.81. The van der Waals surface area contributed by atoms with Gasteiger partial charge < -0.3 is 0 Å². The molecular weight excluding hydrogens is 329 g/mol. The van der Waals surface area contributed by atoms with Crippen molar-refractivity contribution in [1.82, 2.24) is 13.5 Å². The first-order valence-corrected chi connectivity index (χ1v) is 9.85. The van der Waals surface area contributed by atoms with Gasteiger partial charge in [-0.3, -0.25) is 4.90 Å². The van der Waals surface area contributed by atoms with E-state index in [0.717, 1.165) is 38.0 Å². The first kappa shape index (κ1) is 17.5. The predicted molar refractivity (Wildman–Crippen MR) is 93.2 cm³/mol. The first-order chi connectivity index (χ1) is 11.6. The summed E-state index contributed by atoms with van der Waals surface area (Å²) in [5.41, 5.74) is 0.964. The van der Waals surface area contributed by atoms with Gasteiger partial charge in [-0.1, -0.05) is 24.3 Å². The van der Waals surface area contributed by atoms with E-state index in [9.17, 15) is 12.8 Å². The third-order valence-corrected chi connectivity index (χ3v) is 6.63. The largest absolute Gasteiger partial charge is 0.297 e. The predicted octanol–water partition coefficient (Wildman–Crippen LogP) is 1.80. The van der Waals surface area contributed by atoms with E-state index in [1.807, 2.05) is 12.2 Å². The second-order valence-electron chi connectivity index (χ2n) is 6.27.